The Hall–Kier alpha value is -3.27. The summed E-state index contributed by atoms with van der Waals surface area (Å²) in [5.74, 6) is -1.41. The average Bonchev–Trinajstić information content (AvgIpc) is 2.66. The molecule has 29 heavy (non-hydrogen) atoms. The Labute approximate surface area is 171 Å². The van der Waals surface area contributed by atoms with Crippen LogP contribution in [0.25, 0.3) is 0 Å². The largest absolute Gasteiger partial charge is 0.364 e. The van der Waals surface area contributed by atoms with Crippen molar-refractivity contribution < 1.29 is 14.0 Å². The summed E-state index contributed by atoms with van der Waals surface area (Å²) in [6.07, 6.45) is 2.87. The number of carbonyl (C=O) groups excluding carboxylic acids is 2. The fraction of sp³-hybridized carbons (Fsp3) is 0.278. The van der Waals surface area contributed by atoms with Gasteiger partial charge in [-0.15, -0.1) is 10.2 Å². The van der Waals surface area contributed by atoms with Gasteiger partial charge in [0.1, 0.15) is 5.82 Å². The van der Waals surface area contributed by atoms with Crippen molar-refractivity contribution in [3.8, 4) is 0 Å². The third-order valence-electron chi connectivity index (χ3n) is 4.29. The van der Waals surface area contributed by atoms with Gasteiger partial charge in [0.05, 0.1) is 0 Å². The molecule has 0 bridgehead atoms. The number of hydrogen-bond donors (Lipinski definition) is 3. The molecule has 0 radical (unpaired) electrons. The molecular formula is C18H19ClFN7O2. The van der Waals surface area contributed by atoms with E-state index >= 15 is 0 Å². The number of hydrogen-bond acceptors (Lipinski definition) is 7. The van der Waals surface area contributed by atoms with Crippen LogP contribution in [-0.4, -0.2) is 51.0 Å². The first-order chi connectivity index (χ1) is 13.9. The van der Waals surface area contributed by atoms with Crippen LogP contribution in [0, 0.1) is 5.82 Å². The Morgan fingerprint density at radius 2 is 2.14 bits per heavy atom. The second-order valence-electron chi connectivity index (χ2n) is 6.45. The summed E-state index contributed by atoms with van der Waals surface area (Å²) < 4.78 is 13.6. The summed E-state index contributed by atoms with van der Waals surface area (Å²) >= 11 is 5.86. The van der Waals surface area contributed by atoms with Crippen molar-refractivity contribution in [2.24, 2.45) is 5.73 Å². The van der Waals surface area contributed by atoms with Crippen molar-refractivity contribution in [3.05, 3.63) is 47.4 Å². The Bertz CT molecular complexity index is 936. The molecule has 1 unspecified atom stereocenters. The van der Waals surface area contributed by atoms with E-state index in [0.717, 1.165) is 18.9 Å². The highest BCUT2D eigenvalue weighted by molar-refractivity contribution is 6.30. The zero-order chi connectivity index (χ0) is 21.0. The number of primary amides is 1. The molecule has 3 rings (SSSR count). The molecule has 0 spiro atoms. The van der Waals surface area contributed by atoms with Crippen LogP contribution in [0.2, 0.25) is 5.02 Å². The molecule has 1 aliphatic rings. The second kappa shape index (κ2) is 8.82. The lowest BCUT2D eigenvalue weighted by Crippen LogP contribution is -2.44. The molecule has 2 aromatic rings. The van der Waals surface area contributed by atoms with E-state index in [1.54, 1.807) is 4.90 Å². The molecule has 1 aromatic heterocycles. The number of anilines is 3. The van der Waals surface area contributed by atoms with Crippen LogP contribution in [0.5, 0.6) is 0 Å². The van der Waals surface area contributed by atoms with E-state index in [0.29, 0.717) is 13.1 Å². The minimum absolute atomic E-state index is 0.00602. The number of benzene rings is 1. The minimum Gasteiger partial charge on any atom is -0.364 e. The smallest absolute Gasteiger partial charge is 0.273 e. The number of nitrogens with one attached hydrogen (secondary N) is 2. The number of likely N-dealkylation sites (tertiary alicyclic amines) is 1. The highest BCUT2D eigenvalue weighted by Crippen LogP contribution is 2.23. The highest BCUT2D eigenvalue weighted by Gasteiger charge is 2.23. The quantitative estimate of drug-likeness (QED) is 0.612. The lowest BCUT2D eigenvalue weighted by atomic mass is 10.1. The van der Waals surface area contributed by atoms with Crippen molar-refractivity contribution in [1.82, 2.24) is 20.1 Å². The lowest BCUT2D eigenvalue weighted by molar-refractivity contribution is -0.127. The van der Waals surface area contributed by atoms with Crippen molar-refractivity contribution >= 4 is 40.9 Å². The van der Waals surface area contributed by atoms with Gasteiger partial charge in [0, 0.05) is 29.8 Å². The molecule has 1 fully saturated rings. The summed E-state index contributed by atoms with van der Waals surface area (Å²) in [7, 11) is 0. The van der Waals surface area contributed by atoms with E-state index in [1.807, 2.05) is 0 Å². The third-order valence-corrected chi connectivity index (χ3v) is 4.50. The Kier molecular flexibility index (Phi) is 6.23. The van der Waals surface area contributed by atoms with Crippen LogP contribution in [0.3, 0.4) is 0 Å². The van der Waals surface area contributed by atoms with E-state index in [9.17, 15) is 14.0 Å². The van der Waals surface area contributed by atoms with Crippen molar-refractivity contribution in [3.63, 3.8) is 0 Å². The van der Waals surface area contributed by atoms with Crippen molar-refractivity contribution in [2.45, 2.75) is 18.9 Å². The first-order valence-corrected chi connectivity index (χ1v) is 9.19. The fourth-order valence-electron chi connectivity index (χ4n) is 3.01. The third kappa shape index (κ3) is 5.17. The van der Waals surface area contributed by atoms with Crippen LogP contribution in [-0.2, 0) is 4.79 Å². The topological polar surface area (TPSA) is 126 Å². The fourth-order valence-corrected chi connectivity index (χ4v) is 3.23. The van der Waals surface area contributed by atoms with Gasteiger partial charge in [-0.2, -0.15) is 4.98 Å². The molecule has 152 valence electrons. The van der Waals surface area contributed by atoms with E-state index < -0.39 is 11.7 Å². The van der Waals surface area contributed by atoms with Gasteiger partial charge in [0.15, 0.2) is 11.5 Å². The molecule has 1 aromatic carbocycles. The SMILES string of the molecule is C=CC(=O)N1CCCC(Nc2nnc(C(N)=O)c(Nc3cc(F)cc(Cl)c3)n2)C1. The summed E-state index contributed by atoms with van der Waals surface area (Å²) in [4.78, 5) is 29.4. The molecule has 4 N–H and O–H groups in total. The Balaban J connectivity index is 1.82. The number of piperidine rings is 1. The van der Waals surface area contributed by atoms with E-state index in [1.165, 1.54) is 18.2 Å². The predicted octanol–water partition coefficient (Wildman–Crippen LogP) is 2.10. The maximum absolute atomic E-state index is 13.6. The summed E-state index contributed by atoms with van der Waals surface area (Å²) in [6.45, 7) is 4.60. The lowest BCUT2D eigenvalue weighted by Gasteiger charge is -2.32. The molecule has 2 amide bonds. The maximum Gasteiger partial charge on any atom is 0.273 e. The summed E-state index contributed by atoms with van der Waals surface area (Å²) in [5, 5.41) is 13.8. The van der Waals surface area contributed by atoms with E-state index in [2.05, 4.69) is 32.4 Å². The normalized spacial score (nSPS) is 16.2. The number of aromatic nitrogens is 3. The molecule has 0 saturated carbocycles. The van der Waals surface area contributed by atoms with Gasteiger partial charge in [-0.3, -0.25) is 9.59 Å². The minimum atomic E-state index is -0.845. The molecule has 1 atom stereocenters. The van der Waals surface area contributed by atoms with Gasteiger partial charge in [-0.05, 0) is 37.1 Å². The number of nitrogens with zero attached hydrogens (tertiary/aromatic N) is 4. The molecule has 2 heterocycles. The predicted molar refractivity (Wildman–Crippen MR) is 106 cm³/mol. The summed E-state index contributed by atoms with van der Waals surface area (Å²) in [6, 6.07) is 3.69. The second-order valence-corrected chi connectivity index (χ2v) is 6.89. The van der Waals surface area contributed by atoms with Gasteiger partial charge in [-0.25, -0.2) is 4.39 Å². The van der Waals surface area contributed by atoms with Crippen LogP contribution >= 0.6 is 11.6 Å². The zero-order valence-electron chi connectivity index (χ0n) is 15.4. The standard InChI is InChI=1S/C18H19ClFN7O2/c1-2-14(28)27-5-3-4-12(9-27)23-18-24-17(15(16(21)29)25-26-18)22-13-7-10(19)6-11(20)8-13/h2,6-8,12H,1,3-5,9H2,(H2,21,29)(H2,22,23,24,26). The van der Waals surface area contributed by atoms with Crippen molar-refractivity contribution in [2.75, 3.05) is 23.7 Å². The number of carbonyl (C=O) groups is 2. The first kappa shape index (κ1) is 20.5. The van der Waals surface area contributed by atoms with Gasteiger partial charge < -0.3 is 21.3 Å². The summed E-state index contributed by atoms with van der Waals surface area (Å²) in [5.41, 5.74) is 5.40. The average molecular weight is 420 g/mol. The molecule has 11 heteroatoms. The van der Waals surface area contributed by atoms with E-state index in [-0.39, 0.29) is 40.1 Å². The molecular weight excluding hydrogens is 401 g/mol. The zero-order valence-corrected chi connectivity index (χ0v) is 16.1. The number of rotatable bonds is 6. The van der Waals surface area contributed by atoms with Gasteiger partial charge >= 0.3 is 0 Å². The van der Waals surface area contributed by atoms with Crippen LogP contribution in [0.4, 0.5) is 21.8 Å². The van der Waals surface area contributed by atoms with Crippen LogP contribution in [0.1, 0.15) is 23.3 Å². The first-order valence-electron chi connectivity index (χ1n) is 8.81. The number of halogens is 2. The molecule has 0 aliphatic carbocycles. The molecule has 9 nitrogen and oxygen atoms in total. The van der Waals surface area contributed by atoms with Crippen molar-refractivity contribution in [1.29, 1.82) is 0 Å². The van der Waals surface area contributed by atoms with Crippen LogP contribution in [0.15, 0.2) is 30.9 Å². The highest BCUT2D eigenvalue weighted by atomic mass is 35.5. The monoisotopic (exact) mass is 419 g/mol. The maximum atomic E-state index is 13.6. The van der Waals surface area contributed by atoms with Gasteiger partial charge in [0.2, 0.25) is 11.9 Å². The molecule has 1 aliphatic heterocycles. The number of nitrogens with two attached hydrogens (primary N) is 1. The van der Waals surface area contributed by atoms with Gasteiger partial charge in [0.25, 0.3) is 5.91 Å². The Morgan fingerprint density at radius 1 is 1.34 bits per heavy atom. The van der Waals surface area contributed by atoms with Crippen LogP contribution < -0.4 is 16.4 Å². The molecule has 1 saturated heterocycles. The number of amides is 2. The Morgan fingerprint density at radius 3 is 2.83 bits per heavy atom. The van der Waals surface area contributed by atoms with Gasteiger partial charge in [-0.1, -0.05) is 18.2 Å². The van der Waals surface area contributed by atoms with E-state index in [4.69, 9.17) is 17.3 Å².